The van der Waals surface area contributed by atoms with Crippen LogP contribution in [0.25, 0.3) is 11.4 Å². The molecule has 0 aliphatic rings. The van der Waals surface area contributed by atoms with E-state index in [1.165, 1.54) is 23.9 Å². The van der Waals surface area contributed by atoms with Crippen molar-refractivity contribution in [3.63, 3.8) is 0 Å². The molecule has 30 heavy (non-hydrogen) atoms. The zero-order valence-corrected chi connectivity index (χ0v) is 18.0. The molecule has 0 aliphatic heterocycles. The van der Waals surface area contributed by atoms with Gasteiger partial charge in [0.25, 0.3) is 0 Å². The lowest BCUT2D eigenvalue weighted by atomic mass is 10.2. The van der Waals surface area contributed by atoms with Gasteiger partial charge in [-0.3, -0.25) is 9.36 Å². The number of carbonyl (C=O) groups is 1. The average Bonchev–Trinajstić information content (AvgIpc) is 3.40. The first-order valence-electron chi connectivity index (χ1n) is 8.99. The number of anilines is 1. The molecule has 0 atom stereocenters. The maximum Gasteiger partial charge on any atom is 0.234 e. The van der Waals surface area contributed by atoms with Crippen LogP contribution in [0.15, 0.2) is 81.0 Å². The monoisotopic (exact) mass is 486 g/mol. The summed E-state index contributed by atoms with van der Waals surface area (Å²) in [4.78, 5) is 12.3. The summed E-state index contributed by atoms with van der Waals surface area (Å²) >= 11 is 4.42. The summed E-state index contributed by atoms with van der Waals surface area (Å²) in [5.41, 5.74) is 1.04. The number of nitrogens with zero attached hydrogens (tertiary/aromatic N) is 3. The molecule has 0 fully saturated rings. The summed E-state index contributed by atoms with van der Waals surface area (Å²) in [6, 6.07) is 17.8. The van der Waals surface area contributed by atoms with Gasteiger partial charge in [-0.1, -0.05) is 58.0 Å². The molecule has 0 bridgehead atoms. The van der Waals surface area contributed by atoms with Crippen LogP contribution in [0.2, 0.25) is 0 Å². The van der Waals surface area contributed by atoms with Gasteiger partial charge in [-0.25, -0.2) is 4.39 Å². The normalized spacial score (nSPS) is 10.9. The number of carbonyl (C=O) groups excluding carboxylic acids is 1. The number of nitrogens with one attached hydrogen (secondary N) is 1. The van der Waals surface area contributed by atoms with Gasteiger partial charge in [-0.15, -0.1) is 10.2 Å². The number of hydrogen-bond donors (Lipinski definition) is 1. The number of furan rings is 1. The molecule has 0 aliphatic carbocycles. The summed E-state index contributed by atoms with van der Waals surface area (Å²) in [5, 5.41) is 11.7. The summed E-state index contributed by atoms with van der Waals surface area (Å²) in [5.74, 6) is 0.634. The maximum atomic E-state index is 14.0. The second kappa shape index (κ2) is 9.27. The van der Waals surface area contributed by atoms with E-state index in [1.807, 2.05) is 47.0 Å². The van der Waals surface area contributed by atoms with E-state index in [0.717, 1.165) is 11.3 Å². The first-order valence-corrected chi connectivity index (χ1v) is 10.8. The average molecular weight is 487 g/mol. The second-order valence-corrected chi connectivity index (χ2v) is 8.16. The Bertz CT molecular complexity index is 1150. The highest BCUT2D eigenvalue weighted by atomic mass is 79.9. The number of hydrogen-bond acceptors (Lipinski definition) is 5. The zero-order chi connectivity index (χ0) is 20.9. The van der Waals surface area contributed by atoms with E-state index in [0.29, 0.717) is 22.0 Å². The molecule has 1 N–H and O–H groups in total. The summed E-state index contributed by atoms with van der Waals surface area (Å²) in [6.07, 6.45) is 1.61. The van der Waals surface area contributed by atoms with Gasteiger partial charge in [0, 0.05) is 10.0 Å². The Labute approximate surface area is 184 Å². The van der Waals surface area contributed by atoms with Crippen molar-refractivity contribution in [1.82, 2.24) is 14.8 Å². The Morgan fingerprint density at radius 2 is 1.97 bits per heavy atom. The molecule has 2 heterocycles. The number of amides is 1. The molecule has 2 aromatic carbocycles. The molecular weight excluding hydrogens is 471 g/mol. The maximum absolute atomic E-state index is 14.0. The Morgan fingerprint density at radius 3 is 2.70 bits per heavy atom. The minimum Gasteiger partial charge on any atom is -0.467 e. The van der Waals surface area contributed by atoms with Crippen molar-refractivity contribution in [2.45, 2.75) is 11.7 Å². The summed E-state index contributed by atoms with van der Waals surface area (Å²) < 4.78 is 21.9. The van der Waals surface area contributed by atoms with Gasteiger partial charge in [0.2, 0.25) is 5.91 Å². The third-order valence-corrected chi connectivity index (χ3v) is 5.64. The van der Waals surface area contributed by atoms with Crippen molar-refractivity contribution in [2.24, 2.45) is 0 Å². The molecule has 0 spiro atoms. The van der Waals surface area contributed by atoms with Crippen LogP contribution in [0, 0.1) is 5.82 Å². The third kappa shape index (κ3) is 4.80. The Kier molecular flexibility index (Phi) is 6.29. The van der Waals surface area contributed by atoms with E-state index in [2.05, 4.69) is 31.4 Å². The van der Waals surface area contributed by atoms with Gasteiger partial charge in [-0.05, 0) is 30.3 Å². The molecule has 0 radical (unpaired) electrons. The predicted octanol–water partition coefficient (Wildman–Crippen LogP) is 5.22. The second-order valence-electron chi connectivity index (χ2n) is 6.30. The van der Waals surface area contributed by atoms with Crippen LogP contribution in [-0.4, -0.2) is 26.4 Å². The fourth-order valence-corrected chi connectivity index (χ4v) is 3.88. The minimum atomic E-state index is -0.505. The highest BCUT2D eigenvalue weighted by molar-refractivity contribution is 9.10. The topological polar surface area (TPSA) is 73.0 Å². The lowest BCUT2D eigenvalue weighted by molar-refractivity contribution is -0.113. The SMILES string of the molecule is O=C(CSc1nnc(-c2ccccc2)n1Cc1ccco1)Nc1ccc(Br)cc1F. The molecule has 4 aromatic rings. The molecule has 0 saturated carbocycles. The molecule has 6 nitrogen and oxygen atoms in total. The zero-order valence-electron chi connectivity index (χ0n) is 15.6. The van der Waals surface area contributed by atoms with Crippen LogP contribution in [0.3, 0.4) is 0 Å². The summed E-state index contributed by atoms with van der Waals surface area (Å²) in [6.45, 7) is 0.426. The number of thioether (sulfide) groups is 1. The molecule has 152 valence electrons. The molecule has 4 rings (SSSR count). The number of aromatic nitrogens is 3. The van der Waals surface area contributed by atoms with Crippen molar-refractivity contribution < 1.29 is 13.6 Å². The van der Waals surface area contributed by atoms with Crippen LogP contribution < -0.4 is 5.32 Å². The standard InChI is InChI=1S/C21H16BrFN4O2S/c22-15-8-9-18(17(23)11-15)24-19(28)13-30-21-26-25-20(14-5-2-1-3-6-14)27(21)12-16-7-4-10-29-16/h1-11H,12-13H2,(H,24,28). The molecule has 2 aromatic heterocycles. The van der Waals surface area contributed by atoms with Crippen LogP contribution in [0.5, 0.6) is 0 Å². The van der Waals surface area contributed by atoms with Gasteiger partial charge in [-0.2, -0.15) is 0 Å². The van der Waals surface area contributed by atoms with Crippen LogP contribution in [0.1, 0.15) is 5.76 Å². The van der Waals surface area contributed by atoms with E-state index in [4.69, 9.17) is 4.42 Å². The molecule has 0 saturated heterocycles. The van der Waals surface area contributed by atoms with Gasteiger partial charge in [0.05, 0.1) is 24.2 Å². The first kappa shape index (κ1) is 20.4. The van der Waals surface area contributed by atoms with Crippen molar-refractivity contribution in [2.75, 3.05) is 11.1 Å². The predicted molar refractivity (Wildman–Crippen MR) is 117 cm³/mol. The number of benzene rings is 2. The summed E-state index contributed by atoms with van der Waals surface area (Å²) in [7, 11) is 0. The lowest BCUT2D eigenvalue weighted by Gasteiger charge is -2.09. The van der Waals surface area contributed by atoms with E-state index in [1.54, 1.807) is 12.3 Å². The fourth-order valence-electron chi connectivity index (χ4n) is 2.80. The fraction of sp³-hybridized carbons (Fsp3) is 0.0952. The molecular formula is C21H16BrFN4O2S. The molecule has 9 heteroatoms. The van der Waals surface area contributed by atoms with Gasteiger partial charge in [0.1, 0.15) is 11.6 Å². The van der Waals surface area contributed by atoms with Gasteiger partial charge >= 0.3 is 0 Å². The number of halogens is 2. The largest absolute Gasteiger partial charge is 0.467 e. The van der Waals surface area contributed by atoms with Gasteiger partial charge < -0.3 is 9.73 Å². The van der Waals surface area contributed by atoms with E-state index in [9.17, 15) is 9.18 Å². The Balaban J connectivity index is 1.52. The lowest BCUT2D eigenvalue weighted by Crippen LogP contribution is -2.15. The van der Waals surface area contributed by atoms with Crippen LogP contribution in [0.4, 0.5) is 10.1 Å². The highest BCUT2D eigenvalue weighted by Crippen LogP contribution is 2.26. The third-order valence-electron chi connectivity index (χ3n) is 4.18. The van der Waals surface area contributed by atoms with E-state index in [-0.39, 0.29) is 17.3 Å². The smallest absolute Gasteiger partial charge is 0.234 e. The molecule has 0 unspecified atom stereocenters. The van der Waals surface area contributed by atoms with Crippen LogP contribution in [-0.2, 0) is 11.3 Å². The Morgan fingerprint density at radius 1 is 1.13 bits per heavy atom. The Hall–Kier alpha value is -2.91. The highest BCUT2D eigenvalue weighted by Gasteiger charge is 2.17. The number of rotatable bonds is 7. The van der Waals surface area contributed by atoms with E-state index >= 15 is 0 Å². The van der Waals surface area contributed by atoms with Crippen molar-refractivity contribution in [3.8, 4) is 11.4 Å². The van der Waals surface area contributed by atoms with Crippen molar-refractivity contribution in [1.29, 1.82) is 0 Å². The van der Waals surface area contributed by atoms with Crippen molar-refractivity contribution in [3.05, 3.63) is 83.0 Å². The molecule has 1 amide bonds. The first-order chi connectivity index (χ1) is 14.6. The quantitative estimate of drug-likeness (QED) is 0.362. The van der Waals surface area contributed by atoms with E-state index < -0.39 is 5.82 Å². The van der Waals surface area contributed by atoms with Crippen molar-refractivity contribution >= 4 is 39.3 Å². The van der Waals surface area contributed by atoms with Gasteiger partial charge in [0.15, 0.2) is 11.0 Å². The minimum absolute atomic E-state index is 0.0561. The van der Waals surface area contributed by atoms with Crippen LogP contribution >= 0.6 is 27.7 Å².